The number of rotatable bonds is 3. The molecule has 21 heavy (non-hydrogen) atoms. The van der Waals surface area contributed by atoms with E-state index < -0.39 is 0 Å². The largest absolute Gasteiger partial charge is 0.384 e. The van der Waals surface area contributed by atoms with Crippen LogP contribution >= 0.6 is 0 Å². The third kappa shape index (κ3) is 2.56. The number of pyridine rings is 1. The molecular formula is C16H21N5. The van der Waals surface area contributed by atoms with Gasteiger partial charge in [0, 0.05) is 37.8 Å². The Balaban J connectivity index is 2.07. The highest BCUT2D eigenvalue weighted by Gasteiger charge is 2.21. The minimum atomic E-state index is 0.0844. The molecule has 110 valence electrons. The molecule has 5 nitrogen and oxygen atoms in total. The van der Waals surface area contributed by atoms with E-state index in [4.69, 9.17) is 11.1 Å². The number of piperazine rings is 1. The topological polar surface area (TPSA) is 69.2 Å². The van der Waals surface area contributed by atoms with Crippen molar-refractivity contribution in [3.05, 3.63) is 36.0 Å². The second-order valence-electron chi connectivity index (χ2n) is 5.37. The first-order valence-electron chi connectivity index (χ1n) is 7.40. The van der Waals surface area contributed by atoms with Crippen LogP contribution in [0, 0.1) is 5.41 Å². The second kappa shape index (κ2) is 5.69. The molecule has 3 rings (SSSR count). The number of nitrogens with one attached hydrogen (secondary N) is 1. The summed E-state index contributed by atoms with van der Waals surface area (Å²) >= 11 is 0. The average molecular weight is 283 g/mol. The zero-order chi connectivity index (χ0) is 14.8. The van der Waals surface area contributed by atoms with Crippen LogP contribution < -0.4 is 10.6 Å². The molecule has 3 N–H and O–H groups in total. The molecule has 0 amide bonds. The van der Waals surface area contributed by atoms with Crippen LogP contribution in [0.5, 0.6) is 0 Å². The van der Waals surface area contributed by atoms with E-state index in [0.717, 1.165) is 54.9 Å². The molecule has 0 radical (unpaired) electrons. The number of hydrogen-bond donors (Lipinski definition) is 2. The Hall–Kier alpha value is -2.14. The highest BCUT2D eigenvalue weighted by molar-refractivity contribution is 6.07. The molecule has 1 aliphatic heterocycles. The van der Waals surface area contributed by atoms with Crippen molar-refractivity contribution < 1.29 is 0 Å². The van der Waals surface area contributed by atoms with Crippen molar-refractivity contribution in [3.8, 4) is 0 Å². The quantitative estimate of drug-likeness (QED) is 0.664. The van der Waals surface area contributed by atoms with Crippen LogP contribution in [-0.4, -0.2) is 48.4 Å². The first-order chi connectivity index (χ1) is 10.2. The standard InChI is InChI=1S/C16H21N5/c1-2-20-7-9-21(10-8-20)15-12-5-3-4-6-14(12)19-11-13(15)16(17)18/h3-6,11H,2,7-10H2,1H3,(H3,17,18). The first kappa shape index (κ1) is 13.8. The first-order valence-corrected chi connectivity index (χ1v) is 7.40. The van der Waals surface area contributed by atoms with Crippen LogP contribution in [0.1, 0.15) is 12.5 Å². The lowest BCUT2D eigenvalue weighted by Crippen LogP contribution is -2.46. The average Bonchev–Trinajstić information content (AvgIpc) is 2.53. The third-order valence-corrected chi connectivity index (χ3v) is 4.17. The highest BCUT2D eigenvalue weighted by atomic mass is 15.3. The molecule has 1 saturated heterocycles. The summed E-state index contributed by atoms with van der Waals surface area (Å²) in [6.45, 7) is 7.29. The lowest BCUT2D eigenvalue weighted by molar-refractivity contribution is 0.271. The molecule has 2 aromatic rings. The molecule has 0 saturated carbocycles. The lowest BCUT2D eigenvalue weighted by Gasteiger charge is -2.36. The van der Waals surface area contributed by atoms with Gasteiger partial charge in [0.05, 0.1) is 16.8 Å². The van der Waals surface area contributed by atoms with Gasteiger partial charge < -0.3 is 15.5 Å². The van der Waals surface area contributed by atoms with Gasteiger partial charge in [-0.25, -0.2) is 0 Å². The number of amidine groups is 1. The molecule has 1 aromatic heterocycles. The molecule has 0 spiro atoms. The van der Waals surface area contributed by atoms with Gasteiger partial charge in [0.25, 0.3) is 0 Å². The highest BCUT2D eigenvalue weighted by Crippen LogP contribution is 2.30. The molecule has 2 heterocycles. The number of nitrogens with two attached hydrogens (primary N) is 1. The van der Waals surface area contributed by atoms with Crippen molar-refractivity contribution in [1.29, 1.82) is 5.41 Å². The number of nitrogens with zero attached hydrogens (tertiary/aromatic N) is 3. The number of nitrogen functional groups attached to an aromatic ring is 1. The van der Waals surface area contributed by atoms with Crippen LogP contribution in [0.15, 0.2) is 30.5 Å². The van der Waals surface area contributed by atoms with Gasteiger partial charge in [0.1, 0.15) is 5.84 Å². The van der Waals surface area contributed by atoms with E-state index in [1.165, 1.54) is 0 Å². The number of hydrogen-bond acceptors (Lipinski definition) is 4. The summed E-state index contributed by atoms with van der Waals surface area (Å²) in [5.41, 5.74) is 8.52. The van der Waals surface area contributed by atoms with Gasteiger partial charge in [-0.2, -0.15) is 0 Å². The van der Waals surface area contributed by atoms with Crippen molar-refractivity contribution in [2.45, 2.75) is 6.92 Å². The summed E-state index contributed by atoms with van der Waals surface area (Å²) in [4.78, 5) is 9.21. The van der Waals surface area contributed by atoms with Gasteiger partial charge in [0.15, 0.2) is 0 Å². The van der Waals surface area contributed by atoms with E-state index in [2.05, 4.69) is 27.8 Å². The van der Waals surface area contributed by atoms with Gasteiger partial charge in [-0.3, -0.25) is 10.4 Å². The van der Waals surface area contributed by atoms with Gasteiger partial charge in [-0.05, 0) is 12.6 Å². The lowest BCUT2D eigenvalue weighted by atomic mass is 10.1. The summed E-state index contributed by atoms with van der Waals surface area (Å²) in [6.07, 6.45) is 1.73. The van der Waals surface area contributed by atoms with Crippen molar-refractivity contribution in [2.24, 2.45) is 5.73 Å². The Morgan fingerprint density at radius 2 is 1.95 bits per heavy atom. The summed E-state index contributed by atoms with van der Waals surface area (Å²) in [5.74, 6) is 0.0844. The van der Waals surface area contributed by atoms with Gasteiger partial charge in [-0.1, -0.05) is 25.1 Å². The molecule has 0 unspecified atom stereocenters. The van der Waals surface area contributed by atoms with E-state index >= 15 is 0 Å². The maximum absolute atomic E-state index is 7.85. The molecule has 1 aliphatic rings. The van der Waals surface area contributed by atoms with E-state index in [9.17, 15) is 0 Å². The molecular weight excluding hydrogens is 262 g/mol. The molecule has 1 aromatic carbocycles. The van der Waals surface area contributed by atoms with Crippen molar-refractivity contribution in [1.82, 2.24) is 9.88 Å². The van der Waals surface area contributed by atoms with Crippen LogP contribution in [0.4, 0.5) is 5.69 Å². The Morgan fingerprint density at radius 1 is 1.24 bits per heavy atom. The molecule has 5 heteroatoms. The maximum atomic E-state index is 7.85. The minimum Gasteiger partial charge on any atom is -0.384 e. The van der Waals surface area contributed by atoms with Crippen LogP contribution in [0.25, 0.3) is 10.9 Å². The predicted octanol–water partition coefficient (Wildman–Crippen LogP) is 1.66. The van der Waals surface area contributed by atoms with Crippen LogP contribution in [-0.2, 0) is 0 Å². The second-order valence-corrected chi connectivity index (χ2v) is 5.37. The van der Waals surface area contributed by atoms with Gasteiger partial charge >= 0.3 is 0 Å². The van der Waals surface area contributed by atoms with Gasteiger partial charge in [0.2, 0.25) is 0 Å². The molecule has 0 atom stereocenters. The summed E-state index contributed by atoms with van der Waals surface area (Å²) in [7, 11) is 0. The zero-order valence-electron chi connectivity index (χ0n) is 12.3. The molecule has 0 bridgehead atoms. The van der Waals surface area contributed by atoms with E-state index in [1.54, 1.807) is 6.20 Å². The molecule has 1 fully saturated rings. The monoisotopic (exact) mass is 283 g/mol. The van der Waals surface area contributed by atoms with Crippen LogP contribution in [0.2, 0.25) is 0 Å². The summed E-state index contributed by atoms with van der Waals surface area (Å²) < 4.78 is 0. The normalized spacial score (nSPS) is 16.3. The fourth-order valence-corrected chi connectivity index (χ4v) is 2.95. The Morgan fingerprint density at radius 3 is 2.62 bits per heavy atom. The van der Waals surface area contributed by atoms with E-state index in [-0.39, 0.29) is 5.84 Å². The van der Waals surface area contributed by atoms with E-state index in [1.807, 2.05) is 18.2 Å². The fourth-order valence-electron chi connectivity index (χ4n) is 2.95. The smallest absolute Gasteiger partial charge is 0.126 e. The number of aromatic nitrogens is 1. The predicted molar refractivity (Wildman–Crippen MR) is 87.1 cm³/mol. The van der Waals surface area contributed by atoms with Crippen LogP contribution in [0.3, 0.4) is 0 Å². The third-order valence-electron chi connectivity index (χ3n) is 4.17. The minimum absolute atomic E-state index is 0.0844. The summed E-state index contributed by atoms with van der Waals surface area (Å²) in [6, 6.07) is 8.07. The summed E-state index contributed by atoms with van der Waals surface area (Å²) in [5, 5.41) is 8.93. The number of anilines is 1. The number of para-hydroxylation sites is 1. The van der Waals surface area contributed by atoms with E-state index in [0.29, 0.717) is 0 Å². The number of fused-ring (bicyclic) bond motifs is 1. The van der Waals surface area contributed by atoms with Crippen molar-refractivity contribution in [2.75, 3.05) is 37.6 Å². The SMILES string of the molecule is CCN1CCN(c2c(C(=N)N)cnc3ccccc23)CC1. The number of benzene rings is 1. The fraction of sp³-hybridized carbons (Fsp3) is 0.375. The number of likely N-dealkylation sites (N-methyl/N-ethyl adjacent to an activating group) is 1. The maximum Gasteiger partial charge on any atom is 0.126 e. The van der Waals surface area contributed by atoms with Gasteiger partial charge in [-0.15, -0.1) is 0 Å². The zero-order valence-corrected chi connectivity index (χ0v) is 12.3. The Kier molecular flexibility index (Phi) is 3.75. The van der Waals surface area contributed by atoms with Crippen molar-refractivity contribution in [3.63, 3.8) is 0 Å². The van der Waals surface area contributed by atoms with Crippen molar-refractivity contribution >= 4 is 22.4 Å². The Labute approximate surface area is 124 Å². The molecule has 0 aliphatic carbocycles. The Bertz CT molecular complexity index is 659.